The fourth-order valence-corrected chi connectivity index (χ4v) is 6.08. The Balaban J connectivity index is 1.43. The van der Waals surface area contributed by atoms with E-state index in [1.54, 1.807) is 90.1 Å². The molecule has 308 valence electrons. The summed E-state index contributed by atoms with van der Waals surface area (Å²) in [5.41, 5.74) is 1.49. The molecule has 0 fully saturated rings. The lowest BCUT2D eigenvalue weighted by Crippen LogP contribution is -2.47. The molecule has 0 aliphatic carbocycles. The van der Waals surface area contributed by atoms with Crippen LogP contribution in [0, 0.1) is 23.7 Å². The van der Waals surface area contributed by atoms with Crippen molar-refractivity contribution < 1.29 is 37.1 Å². The number of hydrogen-bond acceptors (Lipinski definition) is 8. The topological polar surface area (TPSA) is 169 Å². The van der Waals surface area contributed by atoms with Crippen LogP contribution in [-0.2, 0) is 41.7 Å². The average Bonchev–Trinajstić information content (AvgIpc) is 3.15. The lowest BCUT2D eigenvalue weighted by atomic mass is 10.0. The molecule has 4 aromatic carbocycles. The minimum Gasteiger partial charge on any atom is -0.444 e. The first-order valence-corrected chi connectivity index (χ1v) is 20.7. The Labute approximate surface area is 346 Å². The molecule has 0 bridgehead atoms. The van der Waals surface area contributed by atoms with Crippen LogP contribution >= 0.6 is 0 Å². The zero-order valence-corrected chi connectivity index (χ0v) is 34.9. The number of nitrogens with one attached hydrogen (secondary N) is 4. The molecule has 0 spiro atoms. The van der Waals surface area contributed by atoms with Crippen LogP contribution in [0.3, 0.4) is 0 Å². The summed E-state index contributed by atoms with van der Waals surface area (Å²) in [6.45, 7) is 10.3. The summed E-state index contributed by atoms with van der Waals surface area (Å²) >= 11 is 0. The Kier molecular flexibility index (Phi) is 15.9. The summed E-state index contributed by atoms with van der Waals surface area (Å²) in [5.74, 6) is 8.98. The number of ether oxygens (including phenoxy) is 2. The zero-order chi connectivity index (χ0) is 43.1. The highest BCUT2D eigenvalue weighted by Gasteiger charge is 2.27. The molecular weight excluding hydrogens is 769 g/mol. The van der Waals surface area contributed by atoms with Crippen LogP contribution in [0.15, 0.2) is 109 Å². The molecule has 2 atom stereocenters. The summed E-state index contributed by atoms with van der Waals surface area (Å²) < 4.78 is 36.8. The molecule has 13 heteroatoms. The van der Waals surface area contributed by atoms with E-state index in [1.165, 1.54) is 0 Å². The van der Waals surface area contributed by atoms with E-state index in [0.29, 0.717) is 22.5 Å². The SMILES string of the molecule is CC(C)(C)OC(=O)N[C@@H](Cc1ccccc1)C(=O)Nc1ccccc1C#CCS(=O)(=O)CC#Cc1ccccc1NC(=O)[C@H](Cc1ccccc1)NC(=O)OC(C)(C)C. The number of alkyl carbamates (subject to hydrolysis) is 2. The number of para-hydroxylation sites is 2. The molecule has 4 N–H and O–H groups in total. The van der Waals surface area contributed by atoms with E-state index in [2.05, 4.69) is 44.9 Å². The van der Waals surface area contributed by atoms with Gasteiger partial charge in [-0.3, -0.25) is 9.59 Å². The highest BCUT2D eigenvalue weighted by molar-refractivity contribution is 7.91. The number of benzene rings is 4. The van der Waals surface area contributed by atoms with Gasteiger partial charge in [0.15, 0.2) is 9.84 Å². The number of sulfone groups is 1. The maximum absolute atomic E-state index is 13.5. The van der Waals surface area contributed by atoms with Crippen molar-refractivity contribution >= 4 is 45.2 Å². The molecule has 0 saturated carbocycles. The summed E-state index contributed by atoms with van der Waals surface area (Å²) in [4.78, 5) is 52.4. The molecule has 0 aromatic heterocycles. The van der Waals surface area contributed by atoms with Crippen molar-refractivity contribution in [1.82, 2.24) is 10.6 Å². The smallest absolute Gasteiger partial charge is 0.408 e. The third-order valence-corrected chi connectivity index (χ3v) is 9.15. The zero-order valence-electron chi connectivity index (χ0n) is 34.0. The van der Waals surface area contributed by atoms with Crippen molar-refractivity contribution in [2.45, 2.75) is 77.7 Å². The predicted octanol–water partition coefficient (Wildman–Crippen LogP) is 6.65. The highest BCUT2D eigenvalue weighted by atomic mass is 32.2. The molecule has 4 aromatic rings. The first-order valence-electron chi connectivity index (χ1n) is 18.9. The largest absolute Gasteiger partial charge is 0.444 e. The van der Waals surface area contributed by atoms with Gasteiger partial charge < -0.3 is 30.7 Å². The van der Waals surface area contributed by atoms with Gasteiger partial charge in [0.25, 0.3) is 0 Å². The highest BCUT2D eigenvalue weighted by Crippen LogP contribution is 2.18. The average molecular weight is 819 g/mol. The van der Waals surface area contributed by atoms with Crippen LogP contribution < -0.4 is 21.3 Å². The lowest BCUT2D eigenvalue weighted by Gasteiger charge is -2.23. The van der Waals surface area contributed by atoms with Gasteiger partial charge in [0.05, 0.1) is 11.4 Å². The molecule has 0 radical (unpaired) electrons. The Bertz CT molecular complexity index is 2170. The van der Waals surface area contributed by atoms with Crippen LogP contribution in [0.4, 0.5) is 21.0 Å². The Morgan fingerprint density at radius 3 is 1.24 bits per heavy atom. The second-order valence-electron chi connectivity index (χ2n) is 15.5. The number of amides is 4. The van der Waals surface area contributed by atoms with Crippen LogP contribution in [-0.4, -0.2) is 67.2 Å². The van der Waals surface area contributed by atoms with Gasteiger partial charge in [-0.2, -0.15) is 0 Å². The molecular formula is C46H50N4O8S. The van der Waals surface area contributed by atoms with Gasteiger partial charge >= 0.3 is 12.2 Å². The van der Waals surface area contributed by atoms with Crippen LogP contribution in [0.2, 0.25) is 0 Å². The van der Waals surface area contributed by atoms with Crippen LogP contribution in [0.1, 0.15) is 63.8 Å². The van der Waals surface area contributed by atoms with Gasteiger partial charge in [-0.05, 0) is 76.9 Å². The normalized spacial score (nSPS) is 12.2. The van der Waals surface area contributed by atoms with Crippen LogP contribution in [0.25, 0.3) is 0 Å². The van der Waals surface area contributed by atoms with E-state index in [4.69, 9.17) is 9.47 Å². The lowest BCUT2D eigenvalue weighted by molar-refractivity contribution is -0.118. The van der Waals surface area contributed by atoms with E-state index in [0.717, 1.165) is 11.1 Å². The number of anilines is 2. The number of rotatable bonds is 12. The van der Waals surface area contributed by atoms with E-state index >= 15 is 0 Å². The molecule has 0 unspecified atom stereocenters. The minimum absolute atomic E-state index is 0.190. The molecule has 59 heavy (non-hydrogen) atoms. The third kappa shape index (κ3) is 16.4. The Morgan fingerprint density at radius 1 is 0.542 bits per heavy atom. The number of carbonyl (C=O) groups is 4. The van der Waals surface area contributed by atoms with E-state index in [1.807, 2.05) is 60.7 Å². The minimum atomic E-state index is -3.79. The van der Waals surface area contributed by atoms with Crippen molar-refractivity contribution in [1.29, 1.82) is 0 Å². The van der Waals surface area contributed by atoms with Crippen molar-refractivity contribution in [2.75, 3.05) is 22.1 Å². The molecule has 0 aliphatic rings. The van der Waals surface area contributed by atoms with Crippen molar-refractivity contribution in [2.24, 2.45) is 0 Å². The standard InChI is InChI=1S/C46H50N4O8S/c1-45(2,3)57-43(53)49-39(31-33-19-9-7-10-20-33)41(51)47-37-27-15-13-23-35(37)25-17-29-59(55,56)30-18-26-36-24-14-16-28-38(36)48-42(52)40(32-34-21-11-8-12-22-34)50-44(54)58-46(4,5)6/h7-16,19-24,27-28,39-40H,29-32H2,1-6H3,(H,47,51)(H,48,52)(H,49,53)(H,50,54)/t39-,40-/m0/s1. The molecule has 4 amide bonds. The molecule has 0 saturated heterocycles. The van der Waals surface area contributed by atoms with Crippen molar-refractivity contribution in [3.63, 3.8) is 0 Å². The summed E-state index contributed by atoms with van der Waals surface area (Å²) in [5, 5.41) is 10.9. The number of hydrogen-bond donors (Lipinski definition) is 4. The Hall–Kier alpha value is -6.57. The quantitative estimate of drug-likeness (QED) is 0.115. The second-order valence-corrected chi connectivity index (χ2v) is 17.5. The molecule has 4 rings (SSSR count). The summed E-state index contributed by atoms with van der Waals surface area (Å²) in [7, 11) is -3.79. The summed E-state index contributed by atoms with van der Waals surface area (Å²) in [6.07, 6.45) is -1.11. The van der Waals surface area contributed by atoms with Crippen LogP contribution in [0.5, 0.6) is 0 Å². The van der Waals surface area contributed by atoms with Gasteiger partial charge in [0.2, 0.25) is 11.8 Å². The summed E-state index contributed by atoms with van der Waals surface area (Å²) in [6, 6.07) is 29.8. The van der Waals surface area contributed by atoms with Crippen molar-refractivity contribution in [3.8, 4) is 23.7 Å². The predicted molar refractivity (Wildman–Crippen MR) is 229 cm³/mol. The van der Waals surface area contributed by atoms with E-state index in [9.17, 15) is 27.6 Å². The molecule has 0 heterocycles. The monoisotopic (exact) mass is 818 g/mol. The first kappa shape index (κ1) is 45.1. The maximum Gasteiger partial charge on any atom is 0.408 e. The maximum atomic E-state index is 13.5. The first-order chi connectivity index (χ1) is 27.9. The van der Waals surface area contributed by atoms with Gasteiger partial charge in [0.1, 0.15) is 34.8 Å². The Morgan fingerprint density at radius 2 is 0.881 bits per heavy atom. The molecule has 0 aliphatic heterocycles. The second kappa shape index (κ2) is 20.7. The fourth-order valence-electron chi connectivity index (χ4n) is 5.39. The fraction of sp³-hybridized carbons (Fsp3) is 0.304. The molecule has 12 nitrogen and oxygen atoms in total. The van der Waals surface area contributed by atoms with Gasteiger partial charge in [-0.25, -0.2) is 18.0 Å². The van der Waals surface area contributed by atoms with Gasteiger partial charge in [-0.1, -0.05) is 109 Å². The van der Waals surface area contributed by atoms with E-state index in [-0.39, 0.29) is 12.8 Å². The van der Waals surface area contributed by atoms with Gasteiger partial charge in [0, 0.05) is 24.0 Å². The van der Waals surface area contributed by atoms with Crippen molar-refractivity contribution in [3.05, 3.63) is 131 Å². The number of carbonyl (C=O) groups excluding carboxylic acids is 4. The third-order valence-electron chi connectivity index (χ3n) is 7.98. The van der Waals surface area contributed by atoms with Gasteiger partial charge in [-0.15, -0.1) is 0 Å². The van der Waals surface area contributed by atoms with E-state index < -0.39 is 68.6 Å².